The van der Waals surface area contributed by atoms with Gasteiger partial charge in [0.15, 0.2) is 5.75 Å². The van der Waals surface area contributed by atoms with Crippen LogP contribution in [-0.4, -0.2) is 29.7 Å². The minimum absolute atomic E-state index is 0.155. The molecule has 8 heteroatoms. The first-order valence-corrected chi connectivity index (χ1v) is 8.95. The molecule has 0 aliphatic rings. The number of thioether (sulfide) groups is 1. The minimum atomic E-state index is -0.557. The second-order valence-corrected chi connectivity index (χ2v) is 6.54. The van der Waals surface area contributed by atoms with Crippen molar-refractivity contribution in [2.75, 3.05) is 18.9 Å². The molecule has 0 fully saturated rings. The average molecular weight is 381 g/mol. The zero-order valence-electron chi connectivity index (χ0n) is 13.5. The Hall–Kier alpha value is -2.25. The van der Waals surface area contributed by atoms with Gasteiger partial charge in [-0.3, -0.25) is 14.9 Å². The Balaban J connectivity index is 1.90. The number of rotatable bonds is 8. The van der Waals surface area contributed by atoms with Crippen molar-refractivity contribution in [1.82, 2.24) is 5.32 Å². The van der Waals surface area contributed by atoms with Crippen molar-refractivity contribution < 1.29 is 14.5 Å². The van der Waals surface area contributed by atoms with Crippen molar-refractivity contribution in [1.29, 1.82) is 0 Å². The topological polar surface area (TPSA) is 81.5 Å². The first-order valence-electron chi connectivity index (χ1n) is 7.59. The van der Waals surface area contributed by atoms with Gasteiger partial charge in [-0.2, -0.15) is 0 Å². The summed E-state index contributed by atoms with van der Waals surface area (Å²) in [6.45, 7) is 2.49. The Morgan fingerprint density at radius 2 is 2.00 bits per heavy atom. The van der Waals surface area contributed by atoms with Crippen LogP contribution in [0.4, 0.5) is 5.69 Å². The largest absolute Gasteiger partial charge is 0.487 e. The van der Waals surface area contributed by atoms with Gasteiger partial charge in [0.1, 0.15) is 0 Å². The number of carbonyl (C=O) groups is 1. The fraction of sp³-hybridized carbons (Fsp3) is 0.235. The van der Waals surface area contributed by atoms with Gasteiger partial charge in [-0.25, -0.2) is 0 Å². The summed E-state index contributed by atoms with van der Waals surface area (Å²) in [6, 6.07) is 11.6. The van der Waals surface area contributed by atoms with Crippen molar-refractivity contribution in [2.45, 2.75) is 11.8 Å². The van der Waals surface area contributed by atoms with Crippen molar-refractivity contribution in [3.05, 3.63) is 63.2 Å². The summed E-state index contributed by atoms with van der Waals surface area (Å²) in [5.74, 6) is 0.470. The molecular weight excluding hydrogens is 364 g/mol. The summed E-state index contributed by atoms with van der Waals surface area (Å²) in [4.78, 5) is 23.7. The van der Waals surface area contributed by atoms with E-state index in [9.17, 15) is 14.9 Å². The molecule has 2 aromatic rings. The number of ether oxygens (including phenoxy) is 1. The standard InChI is InChI=1S/C17H17ClN2O4S/c1-2-24-16-8-3-12(11-15(16)20(22)23)17(21)19-9-10-25-14-6-4-13(18)5-7-14/h3-8,11H,2,9-10H2,1H3,(H,19,21). The first-order chi connectivity index (χ1) is 12.0. The van der Waals surface area contributed by atoms with Gasteiger partial charge in [-0.1, -0.05) is 11.6 Å². The Morgan fingerprint density at radius 3 is 2.64 bits per heavy atom. The monoisotopic (exact) mass is 380 g/mol. The highest BCUT2D eigenvalue weighted by molar-refractivity contribution is 7.99. The summed E-state index contributed by atoms with van der Waals surface area (Å²) >= 11 is 7.41. The van der Waals surface area contributed by atoms with E-state index in [1.165, 1.54) is 18.2 Å². The van der Waals surface area contributed by atoms with Crippen LogP contribution in [0.1, 0.15) is 17.3 Å². The molecule has 0 aliphatic heterocycles. The third kappa shape index (κ3) is 5.65. The highest BCUT2D eigenvalue weighted by Gasteiger charge is 2.18. The van der Waals surface area contributed by atoms with Crippen LogP contribution in [0.3, 0.4) is 0 Å². The molecule has 0 unspecified atom stereocenters. The number of nitrogens with one attached hydrogen (secondary N) is 1. The molecule has 0 saturated carbocycles. The quantitative estimate of drug-likeness (QED) is 0.321. The highest BCUT2D eigenvalue weighted by atomic mass is 35.5. The lowest BCUT2D eigenvalue weighted by Gasteiger charge is -2.08. The lowest BCUT2D eigenvalue weighted by molar-refractivity contribution is -0.385. The van der Waals surface area contributed by atoms with Crippen LogP contribution in [0, 0.1) is 10.1 Å². The maximum Gasteiger partial charge on any atom is 0.311 e. The van der Waals surface area contributed by atoms with Gasteiger partial charge < -0.3 is 10.1 Å². The lowest BCUT2D eigenvalue weighted by Crippen LogP contribution is -2.25. The first kappa shape index (κ1) is 19.1. The van der Waals surface area contributed by atoms with Crippen LogP contribution in [0.2, 0.25) is 5.02 Å². The van der Waals surface area contributed by atoms with E-state index in [1.54, 1.807) is 18.7 Å². The van der Waals surface area contributed by atoms with E-state index in [-0.39, 0.29) is 22.9 Å². The van der Waals surface area contributed by atoms with Gasteiger partial charge >= 0.3 is 5.69 Å². The van der Waals surface area contributed by atoms with Crippen LogP contribution < -0.4 is 10.1 Å². The van der Waals surface area contributed by atoms with Crippen LogP contribution in [-0.2, 0) is 0 Å². The van der Waals surface area contributed by atoms with E-state index in [1.807, 2.05) is 24.3 Å². The normalized spacial score (nSPS) is 10.3. The predicted molar refractivity (Wildman–Crippen MR) is 98.8 cm³/mol. The number of benzene rings is 2. The third-order valence-electron chi connectivity index (χ3n) is 3.19. The molecule has 132 valence electrons. The smallest absolute Gasteiger partial charge is 0.311 e. The van der Waals surface area contributed by atoms with E-state index in [0.717, 1.165) is 4.90 Å². The van der Waals surface area contributed by atoms with Crippen LogP contribution in [0.25, 0.3) is 0 Å². The summed E-state index contributed by atoms with van der Waals surface area (Å²) in [7, 11) is 0. The van der Waals surface area contributed by atoms with Gasteiger partial charge in [-0.15, -0.1) is 11.8 Å². The third-order valence-corrected chi connectivity index (χ3v) is 4.45. The number of carbonyl (C=O) groups excluding carboxylic acids is 1. The molecule has 1 amide bonds. The molecule has 2 rings (SSSR count). The molecule has 1 N–H and O–H groups in total. The summed E-state index contributed by atoms with van der Waals surface area (Å²) in [5, 5.41) is 14.5. The summed E-state index contributed by atoms with van der Waals surface area (Å²) in [5.41, 5.74) is 0.0108. The molecule has 0 saturated heterocycles. The number of nitro benzene ring substituents is 1. The number of hydrogen-bond donors (Lipinski definition) is 1. The molecule has 2 aromatic carbocycles. The van der Waals surface area contributed by atoms with Crippen LogP contribution >= 0.6 is 23.4 Å². The van der Waals surface area contributed by atoms with Crippen molar-refractivity contribution in [2.24, 2.45) is 0 Å². The zero-order valence-corrected chi connectivity index (χ0v) is 15.1. The van der Waals surface area contributed by atoms with Crippen molar-refractivity contribution >= 4 is 35.0 Å². The van der Waals surface area contributed by atoms with E-state index >= 15 is 0 Å². The Kier molecular flexibility index (Phi) is 7.09. The second-order valence-electron chi connectivity index (χ2n) is 4.93. The Morgan fingerprint density at radius 1 is 1.28 bits per heavy atom. The number of hydrogen-bond acceptors (Lipinski definition) is 5. The van der Waals surface area contributed by atoms with E-state index < -0.39 is 4.92 Å². The highest BCUT2D eigenvalue weighted by Crippen LogP contribution is 2.28. The van der Waals surface area contributed by atoms with E-state index in [0.29, 0.717) is 23.9 Å². The van der Waals surface area contributed by atoms with Gasteiger partial charge in [0.2, 0.25) is 0 Å². The Labute approximate surface area is 154 Å². The van der Waals surface area contributed by atoms with Gasteiger partial charge in [0, 0.05) is 33.8 Å². The molecule has 0 bridgehead atoms. The maximum absolute atomic E-state index is 12.1. The SMILES string of the molecule is CCOc1ccc(C(=O)NCCSc2ccc(Cl)cc2)cc1[N+](=O)[O-]. The van der Waals surface area contributed by atoms with E-state index in [4.69, 9.17) is 16.3 Å². The number of nitro groups is 1. The number of amides is 1. The molecular formula is C17H17ClN2O4S. The molecule has 0 heterocycles. The molecule has 0 radical (unpaired) electrons. The summed E-state index contributed by atoms with van der Waals surface area (Å²) < 4.78 is 5.20. The van der Waals surface area contributed by atoms with Gasteiger partial charge in [0.05, 0.1) is 11.5 Å². The van der Waals surface area contributed by atoms with Crippen LogP contribution in [0.15, 0.2) is 47.4 Å². The van der Waals surface area contributed by atoms with Crippen LogP contribution in [0.5, 0.6) is 5.75 Å². The molecule has 0 aliphatic carbocycles. The van der Waals surface area contributed by atoms with Crippen molar-refractivity contribution in [3.63, 3.8) is 0 Å². The number of nitrogens with zero attached hydrogens (tertiary/aromatic N) is 1. The minimum Gasteiger partial charge on any atom is -0.487 e. The molecule has 0 atom stereocenters. The zero-order chi connectivity index (χ0) is 18.2. The summed E-state index contributed by atoms with van der Waals surface area (Å²) in [6.07, 6.45) is 0. The molecule has 0 aromatic heterocycles. The lowest BCUT2D eigenvalue weighted by atomic mass is 10.1. The fourth-order valence-corrected chi connectivity index (χ4v) is 2.94. The van der Waals surface area contributed by atoms with Gasteiger partial charge in [0.25, 0.3) is 5.91 Å². The van der Waals surface area contributed by atoms with Crippen molar-refractivity contribution in [3.8, 4) is 5.75 Å². The fourth-order valence-electron chi connectivity index (χ4n) is 2.05. The van der Waals surface area contributed by atoms with Gasteiger partial charge in [-0.05, 0) is 43.3 Å². The maximum atomic E-state index is 12.1. The average Bonchev–Trinajstić information content (AvgIpc) is 2.60. The molecule has 6 nitrogen and oxygen atoms in total. The predicted octanol–water partition coefficient (Wildman–Crippen LogP) is 4.17. The number of halogens is 1. The molecule has 25 heavy (non-hydrogen) atoms. The van der Waals surface area contributed by atoms with E-state index in [2.05, 4.69) is 5.32 Å². The second kappa shape index (κ2) is 9.29. The molecule has 0 spiro atoms. The Bertz CT molecular complexity index is 753.